The van der Waals surface area contributed by atoms with Crippen LogP contribution in [-0.4, -0.2) is 30.2 Å². The number of nitrogens with zero attached hydrogens (tertiary/aromatic N) is 3. The molecular formula is C15H20N4O. The van der Waals surface area contributed by atoms with E-state index in [0.29, 0.717) is 5.95 Å². The molecule has 1 atom stereocenters. The van der Waals surface area contributed by atoms with E-state index in [1.165, 1.54) is 0 Å². The van der Waals surface area contributed by atoms with E-state index in [1.807, 2.05) is 55.5 Å². The first-order valence-corrected chi connectivity index (χ1v) is 6.54. The molecule has 2 N–H and O–H groups in total. The molecule has 0 aliphatic heterocycles. The second kappa shape index (κ2) is 6.34. The van der Waals surface area contributed by atoms with E-state index >= 15 is 0 Å². The summed E-state index contributed by atoms with van der Waals surface area (Å²) in [6.45, 7) is 1.97. The second-order valence-electron chi connectivity index (χ2n) is 4.83. The molecular weight excluding hydrogens is 252 g/mol. The van der Waals surface area contributed by atoms with E-state index in [1.54, 1.807) is 7.11 Å². The van der Waals surface area contributed by atoms with Gasteiger partial charge in [-0.2, -0.15) is 0 Å². The molecule has 1 aromatic carbocycles. The van der Waals surface area contributed by atoms with Crippen molar-refractivity contribution in [2.24, 2.45) is 5.73 Å². The molecule has 1 unspecified atom stereocenters. The minimum Gasteiger partial charge on any atom is -0.497 e. The molecule has 0 saturated heterocycles. The van der Waals surface area contributed by atoms with Gasteiger partial charge in [0.1, 0.15) is 5.75 Å². The van der Waals surface area contributed by atoms with E-state index in [9.17, 15) is 0 Å². The van der Waals surface area contributed by atoms with Gasteiger partial charge in [0.05, 0.1) is 7.11 Å². The summed E-state index contributed by atoms with van der Waals surface area (Å²) in [5.41, 5.74) is 7.82. The van der Waals surface area contributed by atoms with Crippen LogP contribution < -0.4 is 15.4 Å². The van der Waals surface area contributed by atoms with E-state index < -0.39 is 0 Å². The zero-order chi connectivity index (χ0) is 14.5. The quantitative estimate of drug-likeness (QED) is 0.903. The summed E-state index contributed by atoms with van der Waals surface area (Å²) in [7, 11) is 3.58. The highest BCUT2D eigenvalue weighted by Crippen LogP contribution is 2.22. The van der Waals surface area contributed by atoms with Crippen molar-refractivity contribution < 1.29 is 4.74 Å². The Morgan fingerprint density at radius 3 is 2.30 bits per heavy atom. The van der Waals surface area contributed by atoms with Crippen molar-refractivity contribution >= 4 is 11.6 Å². The molecule has 0 saturated carbocycles. The van der Waals surface area contributed by atoms with Gasteiger partial charge in [-0.1, -0.05) is 0 Å². The number of aromatic nitrogens is 2. The van der Waals surface area contributed by atoms with Gasteiger partial charge in [0.2, 0.25) is 5.95 Å². The van der Waals surface area contributed by atoms with Gasteiger partial charge in [-0.3, -0.25) is 0 Å². The van der Waals surface area contributed by atoms with E-state index in [2.05, 4.69) is 9.97 Å². The van der Waals surface area contributed by atoms with Crippen LogP contribution in [0.25, 0.3) is 0 Å². The molecule has 1 aromatic heterocycles. The Kier molecular flexibility index (Phi) is 4.53. The Hall–Kier alpha value is -2.14. The van der Waals surface area contributed by atoms with Crippen LogP contribution in [-0.2, 0) is 6.42 Å². The van der Waals surface area contributed by atoms with E-state index in [4.69, 9.17) is 10.5 Å². The molecule has 1 heterocycles. The lowest BCUT2D eigenvalue weighted by Gasteiger charge is -2.17. The van der Waals surface area contributed by atoms with Crippen LogP contribution in [0.4, 0.5) is 11.6 Å². The van der Waals surface area contributed by atoms with Gasteiger partial charge in [0.15, 0.2) is 0 Å². The van der Waals surface area contributed by atoms with Crippen molar-refractivity contribution in [1.82, 2.24) is 9.97 Å². The number of nitrogens with two attached hydrogens (primary N) is 1. The predicted molar refractivity (Wildman–Crippen MR) is 80.4 cm³/mol. The molecule has 0 bridgehead atoms. The molecule has 0 spiro atoms. The maximum Gasteiger partial charge on any atom is 0.229 e. The third-order valence-electron chi connectivity index (χ3n) is 3.01. The van der Waals surface area contributed by atoms with Crippen LogP contribution in [0.3, 0.4) is 0 Å². The van der Waals surface area contributed by atoms with E-state index in [0.717, 1.165) is 23.4 Å². The number of methoxy groups -OCH3 is 1. The van der Waals surface area contributed by atoms with Crippen molar-refractivity contribution in [3.05, 3.63) is 42.2 Å². The molecule has 0 radical (unpaired) electrons. The normalized spacial score (nSPS) is 12.0. The van der Waals surface area contributed by atoms with Crippen LogP contribution in [0.5, 0.6) is 5.75 Å². The highest BCUT2D eigenvalue weighted by atomic mass is 16.5. The summed E-state index contributed by atoms with van der Waals surface area (Å²) in [4.78, 5) is 10.7. The summed E-state index contributed by atoms with van der Waals surface area (Å²) in [6.07, 6.45) is 4.43. The summed E-state index contributed by atoms with van der Waals surface area (Å²) >= 11 is 0. The van der Waals surface area contributed by atoms with Crippen LogP contribution in [0.15, 0.2) is 36.7 Å². The molecule has 20 heavy (non-hydrogen) atoms. The average Bonchev–Trinajstić information content (AvgIpc) is 2.47. The fraction of sp³-hybridized carbons (Fsp3) is 0.333. The highest BCUT2D eigenvalue weighted by molar-refractivity contribution is 5.57. The van der Waals surface area contributed by atoms with Gasteiger partial charge in [-0.25, -0.2) is 9.97 Å². The first kappa shape index (κ1) is 14.3. The van der Waals surface area contributed by atoms with Gasteiger partial charge >= 0.3 is 0 Å². The number of benzene rings is 1. The number of rotatable bonds is 5. The molecule has 106 valence electrons. The molecule has 0 aliphatic carbocycles. The molecule has 0 aliphatic rings. The fourth-order valence-corrected chi connectivity index (χ4v) is 1.92. The SMILES string of the molecule is COc1ccc(N(C)c2ncc(CC(C)N)cn2)cc1. The summed E-state index contributed by atoms with van der Waals surface area (Å²) < 4.78 is 5.15. The van der Waals surface area contributed by atoms with Crippen LogP contribution in [0.2, 0.25) is 0 Å². The van der Waals surface area contributed by atoms with Gasteiger partial charge < -0.3 is 15.4 Å². The highest BCUT2D eigenvalue weighted by Gasteiger charge is 2.07. The van der Waals surface area contributed by atoms with Gasteiger partial charge in [0, 0.05) is 31.2 Å². The van der Waals surface area contributed by atoms with Crippen LogP contribution in [0.1, 0.15) is 12.5 Å². The molecule has 2 rings (SSSR count). The molecule has 5 heteroatoms. The minimum absolute atomic E-state index is 0.115. The molecule has 0 amide bonds. The average molecular weight is 272 g/mol. The van der Waals surface area contributed by atoms with Crippen molar-refractivity contribution in [3.63, 3.8) is 0 Å². The number of anilines is 2. The monoisotopic (exact) mass is 272 g/mol. The predicted octanol–water partition coefficient (Wildman–Crippen LogP) is 2.14. The Labute approximate surface area is 119 Å². The third-order valence-corrected chi connectivity index (χ3v) is 3.01. The maximum atomic E-state index is 5.76. The van der Waals surface area contributed by atoms with Crippen molar-refractivity contribution in [2.75, 3.05) is 19.1 Å². The standard InChI is InChI=1S/C15H20N4O/c1-11(16)8-12-9-17-15(18-10-12)19(2)13-4-6-14(20-3)7-5-13/h4-7,9-11H,8,16H2,1-3H3. The summed E-state index contributed by atoms with van der Waals surface area (Å²) in [6, 6.07) is 7.88. The van der Waals surface area contributed by atoms with Gasteiger partial charge in [-0.15, -0.1) is 0 Å². The van der Waals surface area contributed by atoms with Gasteiger partial charge in [-0.05, 0) is 43.2 Å². The Morgan fingerprint density at radius 1 is 1.20 bits per heavy atom. The Morgan fingerprint density at radius 2 is 1.80 bits per heavy atom. The lowest BCUT2D eigenvalue weighted by atomic mass is 10.1. The minimum atomic E-state index is 0.115. The zero-order valence-corrected chi connectivity index (χ0v) is 12.1. The topological polar surface area (TPSA) is 64.3 Å². The van der Waals surface area contributed by atoms with Crippen molar-refractivity contribution in [2.45, 2.75) is 19.4 Å². The fourth-order valence-electron chi connectivity index (χ4n) is 1.92. The van der Waals surface area contributed by atoms with Crippen molar-refractivity contribution in [1.29, 1.82) is 0 Å². The van der Waals surface area contributed by atoms with Gasteiger partial charge in [0.25, 0.3) is 0 Å². The largest absolute Gasteiger partial charge is 0.497 e. The molecule has 0 fully saturated rings. The first-order chi connectivity index (χ1) is 9.60. The number of hydrogen-bond donors (Lipinski definition) is 1. The lowest BCUT2D eigenvalue weighted by molar-refractivity contribution is 0.415. The summed E-state index contributed by atoms with van der Waals surface area (Å²) in [5, 5.41) is 0. The Balaban J connectivity index is 2.13. The molecule has 5 nitrogen and oxygen atoms in total. The second-order valence-corrected chi connectivity index (χ2v) is 4.83. The third kappa shape index (κ3) is 3.45. The number of ether oxygens (including phenoxy) is 1. The number of hydrogen-bond acceptors (Lipinski definition) is 5. The maximum absolute atomic E-state index is 5.76. The first-order valence-electron chi connectivity index (χ1n) is 6.54. The molecule has 2 aromatic rings. The lowest BCUT2D eigenvalue weighted by Crippen LogP contribution is -2.18. The van der Waals surface area contributed by atoms with Crippen molar-refractivity contribution in [3.8, 4) is 5.75 Å². The van der Waals surface area contributed by atoms with E-state index in [-0.39, 0.29) is 6.04 Å². The smallest absolute Gasteiger partial charge is 0.229 e. The Bertz CT molecular complexity index is 537. The van der Waals surface area contributed by atoms with Crippen LogP contribution >= 0.6 is 0 Å². The zero-order valence-electron chi connectivity index (χ0n) is 12.1. The summed E-state index contributed by atoms with van der Waals surface area (Å²) in [5.74, 6) is 1.49. The van der Waals surface area contributed by atoms with Crippen LogP contribution in [0, 0.1) is 0 Å².